The van der Waals surface area contributed by atoms with Gasteiger partial charge in [-0.2, -0.15) is 0 Å². The van der Waals surface area contributed by atoms with Crippen molar-refractivity contribution < 1.29 is 0 Å². The van der Waals surface area contributed by atoms with Crippen molar-refractivity contribution in [2.45, 2.75) is 27.7 Å². The number of rotatable bonds is 6. The molecule has 0 aliphatic carbocycles. The smallest absolute Gasteiger partial charge is 0.173 e. The number of aryl methyl sites for hydroxylation is 2. The van der Waals surface area contributed by atoms with Crippen molar-refractivity contribution >= 4 is 23.0 Å². The van der Waals surface area contributed by atoms with Crippen LogP contribution >= 0.6 is 12.2 Å². The third-order valence-electron chi connectivity index (χ3n) is 3.40. The number of nitrogens with one attached hydrogen (secondary N) is 1. The van der Waals surface area contributed by atoms with Crippen LogP contribution in [0.2, 0.25) is 0 Å². The summed E-state index contributed by atoms with van der Waals surface area (Å²) in [6.07, 6.45) is 0. The third-order valence-corrected chi connectivity index (χ3v) is 3.76. The molecule has 21 heavy (non-hydrogen) atoms. The highest BCUT2D eigenvalue weighted by atomic mass is 32.1. The number of anilines is 1. The molecule has 0 heterocycles. The molecule has 0 aliphatic rings. The lowest BCUT2D eigenvalue weighted by Crippen LogP contribution is -2.41. The first-order valence-electron chi connectivity index (χ1n) is 7.58. The Morgan fingerprint density at radius 1 is 1.14 bits per heavy atom. The lowest BCUT2D eigenvalue weighted by atomic mass is 10.1. The zero-order valence-corrected chi connectivity index (χ0v) is 15.0. The fourth-order valence-corrected chi connectivity index (χ4v) is 2.50. The first-order chi connectivity index (χ1) is 9.81. The van der Waals surface area contributed by atoms with E-state index in [0.29, 0.717) is 5.92 Å². The minimum Gasteiger partial charge on any atom is -0.347 e. The normalized spacial score (nSPS) is 11.0. The molecule has 0 radical (unpaired) electrons. The molecule has 1 aromatic rings. The number of benzene rings is 1. The molecule has 1 rings (SSSR count). The van der Waals surface area contributed by atoms with E-state index >= 15 is 0 Å². The van der Waals surface area contributed by atoms with Crippen LogP contribution in [0, 0.1) is 19.8 Å². The number of nitrogens with zero attached hydrogens (tertiary/aromatic N) is 2. The number of para-hydroxylation sites is 1. The highest BCUT2D eigenvalue weighted by Crippen LogP contribution is 2.20. The molecule has 0 amide bonds. The maximum absolute atomic E-state index is 5.64. The van der Waals surface area contributed by atoms with Crippen LogP contribution < -0.4 is 5.32 Å². The molecule has 0 bridgehead atoms. The van der Waals surface area contributed by atoms with Crippen molar-refractivity contribution in [1.29, 1.82) is 0 Å². The van der Waals surface area contributed by atoms with Crippen molar-refractivity contribution in [3.8, 4) is 0 Å². The Labute approximate surface area is 135 Å². The second kappa shape index (κ2) is 8.35. The van der Waals surface area contributed by atoms with Crippen molar-refractivity contribution in [2.24, 2.45) is 5.92 Å². The van der Waals surface area contributed by atoms with Gasteiger partial charge in [0.25, 0.3) is 0 Å². The van der Waals surface area contributed by atoms with Gasteiger partial charge in [-0.15, -0.1) is 0 Å². The number of likely N-dealkylation sites (N-methyl/N-ethyl adjacent to an activating group) is 1. The highest BCUT2D eigenvalue weighted by molar-refractivity contribution is 7.80. The Morgan fingerprint density at radius 2 is 1.71 bits per heavy atom. The molecule has 0 aliphatic heterocycles. The topological polar surface area (TPSA) is 18.5 Å². The molecule has 1 N–H and O–H groups in total. The van der Waals surface area contributed by atoms with Crippen LogP contribution in [0.15, 0.2) is 18.2 Å². The van der Waals surface area contributed by atoms with E-state index in [2.05, 4.69) is 75.1 Å². The largest absolute Gasteiger partial charge is 0.347 e. The minimum absolute atomic E-state index is 0.588. The first-order valence-corrected chi connectivity index (χ1v) is 7.99. The summed E-state index contributed by atoms with van der Waals surface area (Å²) in [5.41, 5.74) is 3.60. The van der Waals surface area contributed by atoms with E-state index in [-0.39, 0.29) is 0 Å². The fraction of sp³-hybridized carbons (Fsp3) is 0.588. The van der Waals surface area contributed by atoms with E-state index in [9.17, 15) is 0 Å². The molecular weight excluding hydrogens is 278 g/mol. The van der Waals surface area contributed by atoms with Gasteiger partial charge in [0, 0.05) is 25.3 Å². The van der Waals surface area contributed by atoms with Crippen molar-refractivity contribution in [3.63, 3.8) is 0 Å². The third kappa shape index (κ3) is 6.02. The van der Waals surface area contributed by atoms with Crippen LogP contribution in [-0.2, 0) is 0 Å². The first kappa shape index (κ1) is 17.9. The second-order valence-corrected chi connectivity index (χ2v) is 6.73. The summed E-state index contributed by atoms with van der Waals surface area (Å²) in [4.78, 5) is 4.46. The quantitative estimate of drug-likeness (QED) is 0.810. The van der Waals surface area contributed by atoms with Crippen molar-refractivity contribution in [1.82, 2.24) is 9.80 Å². The van der Waals surface area contributed by atoms with Crippen LogP contribution in [0.1, 0.15) is 25.0 Å². The molecule has 0 unspecified atom stereocenters. The average Bonchev–Trinajstić information content (AvgIpc) is 2.38. The van der Waals surface area contributed by atoms with Gasteiger partial charge in [-0.25, -0.2) is 0 Å². The molecule has 0 aromatic heterocycles. The van der Waals surface area contributed by atoms with E-state index in [0.717, 1.165) is 30.4 Å². The Hall–Kier alpha value is -1.13. The Bertz CT molecular complexity index is 449. The van der Waals surface area contributed by atoms with Crippen LogP contribution in [0.25, 0.3) is 0 Å². The summed E-state index contributed by atoms with van der Waals surface area (Å²) < 4.78 is 0. The molecule has 0 fully saturated rings. The van der Waals surface area contributed by atoms with Gasteiger partial charge in [0.1, 0.15) is 0 Å². The molecule has 118 valence electrons. The Balaban J connectivity index is 2.80. The molecule has 0 saturated heterocycles. The maximum Gasteiger partial charge on any atom is 0.173 e. The lowest BCUT2D eigenvalue weighted by molar-refractivity contribution is 0.310. The lowest BCUT2D eigenvalue weighted by Gasteiger charge is -2.29. The zero-order valence-electron chi connectivity index (χ0n) is 14.2. The van der Waals surface area contributed by atoms with E-state index in [1.807, 2.05) is 0 Å². The second-order valence-electron chi connectivity index (χ2n) is 6.34. The van der Waals surface area contributed by atoms with Gasteiger partial charge in [0.05, 0.1) is 0 Å². The molecule has 3 nitrogen and oxygen atoms in total. The van der Waals surface area contributed by atoms with Crippen LogP contribution in [0.4, 0.5) is 5.69 Å². The Kier molecular flexibility index (Phi) is 7.12. The summed E-state index contributed by atoms with van der Waals surface area (Å²) in [6.45, 7) is 11.6. The van der Waals surface area contributed by atoms with E-state index in [1.165, 1.54) is 11.1 Å². The van der Waals surface area contributed by atoms with Crippen LogP contribution in [-0.4, -0.2) is 48.6 Å². The standard InChI is InChI=1S/C17H29N3S/c1-13(2)12-20(11-10-19(5)6)17(21)18-16-14(3)8-7-9-15(16)4/h7-9,13H,10-12H2,1-6H3,(H,18,21). The van der Waals surface area contributed by atoms with Gasteiger partial charge in [-0.3, -0.25) is 0 Å². The maximum atomic E-state index is 5.64. The molecule has 1 aromatic carbocycles. The fourth-order valence-electron chi connectivity index (χ4n) is 2.23. The average molecular weight is 308 g/mol. The minimum atomic E-state index is 0.588. The van der Waals surface area contributed by atoms with Crippen LogP contribution in [0.5, 0.6) is 0 Å². The number of hydrogen-bond donors (Lipinski definition) is 1. The van der Waals surface area contributed by atoms with E-state index in [1.54, 1.807) is 0 Å². The van der Waals surface area contributed by atoms with E-state index < -0.39 is 0 Å². The summed E-state index contributed by atoms with van der Waals surface area (Å²) in [5, 5.41) is 4.27. The predicted octanol–water partition coefficient (Wildman–Crippen LogP) is 3.52. The summed E-state index contributed by atoms with van der Waals surface area (Å²) in [7, 11) is 4.19. The van der Waals surface area contributed by atoms with Gasteiger partial charge in [-0.05, 0) is 57.2 Å². The number of thiocarbonyl (C=S) groups is 1. The van der Waals surface area contributed by atoms with Crippen molar-refractivity contribution in [2.75, 3.05) is 39.0 Å². The van der Waals surface area contributed by atoms with Gasteiger partial charge >= 0.3 is 0 Å². The Morgan fingerprint density at radius 3 is 2.19 bits per heavy atom. The van der Waals surface area contributed by atoms with Crippen LogP contribution in [0.3, 0.4) is 0 Å². The van der Waals surface area contributed by atoms with Gasteiger partial charge in [0.2, 0.25) is 0 Å². The summed E-state index contributed by atoms with van der Waals surface area (Å²) in [5.74, 6) is 0.588. The van der Waals surface area contributed by atoms with E-state index in [4.69, 9.17) is 12.2 Å². The van der Waals surface area contributed by atoms with Gasteiger partial charge < -0.3 is 15.1 Å². The molecule has 4 heteroatoms. The summed E-state index contributed by atoms with van der Waals surface area (Å²) in [6, 6.07) is 6.31. The molecular formula is C17H29N3S. The SMILES string of the molecule is Cc1cccc(C)c1NC(=S)N(CCN(C)C)CC(C)C. The molecule has 0 saturated carbocycles. The van der Waals surface area contributed by atoms with Gasteiger partial charge in [-0.1, -0.05) is 32.0 Å². The van der Waals surface area contributed by atoms with Crippen molar-refractivity contribution in [3.05, 3.63) is 29.3 Å². The molecule has 0 atom stereocenters. The molecule has 0 spiro atoms. The predicted molar refractivity (Wildman–Crippen MR) is 97.1 cm³/mol. The number of hydrogen-bond acceptors (Lipinski definition) is 2. The monoisotopic (exact) mass is 307 g/mol. The zero-order chi connectivity index (χ0) is 16.0. The highest BCUT2D eigenvalue weighted by Gasteiger charge is 2.13. The summed E-state index contributed by atoms with van der Waals surface area (Å²) >= 11 is 5.64. The van der Waals surface area contributed by atoms with Gasteiger partial charge in [0.15, 0.2) is 5.11 Å².